The standard InChI is InChI=1S/C13H12N2O/c1-15-9-5-8-12(10-15)13(14-16)11-6-3-2-4-7-11/h2-10H,1H3/p+1/b14-13-. The average Bonchev–Trinajstić information content (AvgIpc) is 2.31. The third-order valence-corrected chi connectivity index (χ3v) is 2.36. The van der Waals surface area contributed by atoms with Crippen molar-refractivity contribution in [2.24, 2.45) is 12.2 Å². The number of hydrogen-bond acceptors (Lipinski definition) is 2. The molecule has 0 atom stereocenters. The third-order valence-electron chi connectivity index (χ3n) is 2.36. The molecule has 0 aliphatic heterocycles. The number of rotatable bonds is 2. The third kappa shape index (κ3) is 2.08. The SMILES string of the molecule is C[n+]1cccc(/C(=N\O)c2ccccc2)c1. The molecule has 0 saturated heterocycles. The van der Waals surface area contributed by atoms with E-state index in [1.54, 1.807) is 0 Å². The Hall–Kier alpha value is -2.16. The van der Waals surface area contributed by atoms with Crippen molar-refractivity contribution in [3.05, 3.63) is 66.0 Å². The summed E-state index contributed by atoms with van der Waals surface area (Å²) < 4.78 is 1.92. The molecule has 0 spiro atoms. The van der Waals surface area contributed by atoms with E-state index < -0.39 is 0 Å². The molecule has 1 heterocycles. The van der Waals surface area contributed by atoms with Crippen LogP contribution in [0.25, 0.3) is 0 Å². The molecule has 0 aliphatic carbocycles. The summed E-state index contributed by atoms with van der Waals surface area (Å²) in [5.41, 5.74) is 2.37. The fraction of sp³-hybridized carbons (Fsp3) is 0.0769. The van der Waals surface area contributed by atoms with Crippen molar-refractivity contribution in [1.82, 2.24) is 0 Å². The van der Waals surface area contributed by atoms with Crippen molar-refractivity contribution in [3.63, 3.8) is 0 Å². The summed E-state index contributed by atoms with van der Waals surface area (Å²) in [6.07, 6.45) is 3.85. The second-order valence-electron chi connectivity index (χ2n) is 3.57. The minimum Gasteiger partial charge on any atom is -0.410 e. The lowest BCUT2D eigenvalue weighted by Gasteiger charge is -2.02. The minimum atomic E-state index is 0.580. The van der Waals surface area contributed by atoms with Crippen LogP contribution in [0.1, 0.15) is 11.1 Å². The van der Waals surface area contributed by atoms with Crippen molar-refractivity contribution >= 4 is 5.71 Å². The Morgan fingerprint density at radius 3 is 2.38 bits per heavy atom. The number of oxime groups is 1. The molecule has 0 bridgehead atoms. The van der Waals surface area contributed by atoms with Gasteiger partial charge in [-0.1, -0.05) is 35.5 Å². The Balaban J connectivity index is 2.46. The molecule has 1 N–H and O–H groups in total. The van der Waals surface area contributed by atoms with E-state index in [1.807, 2.05) is 66.5 Å². The number of hydrogen-bond donors (Lipinski definition) is 1. The summed E-state index contributed by atoms with van der Waals surface area (Å²) >= 11 is 0. The van der Waals surface area contributed by atoms with E-state index in [0.29, 0.717) is 5.71 Å². The Bertz CT molecular complexity index is 506. The molecule has 3 heteroatoms. The monoisotopic (exact) mass is 213 g/mol. The van der Waals surface area contributed by atoms with E-state index in [2.05, 4.69) is 5.16 Å². The van der Waals surface area contributed by atoms with E-state index in [1.165, 1.54) is 0 Å². The molecule has 2 rings (SSSR count). The number of aromatic nitrogens is 1. The number of benzene rings is 1. The highest BCUT2D eigenvalue weighted by Crippen LogP contribution is 2.08. The molecule has 1 aromatic heterocycles. The molecule has 0 amide bonds. The van der Waals surface area contributed by atoms with E-state index in [4.69, 9.17) is 5.21 Å². The maximum absolute atomic E-state index is 9.10. The molecular weight excluding hydrogens is 200 g/mol. The van der Waals surface area contributed by atoms with Gasteiger partial charge in [0.05, 0.1) is 5.56 Å². The lowest BCUT2D eigenvalue weighted by atomic mass is 10.0. The first-order valence-corrected chi connectivity index (χ1v) is 5.04. The van der Waals surface area contributed by atoms with Gasteiger partial charge in [-0.2, -0.15) is 0 Å². The lowest BCUT2D eigenvalue weighted by Crippen LogP contribution is -2.28. The molecule has 0 fully saturated rings. The van der Waals surface area contributed by atoms with Gasteiger partial charge in [0.2, 0.25) is 0 Å². The van der Waals surface area contributed by atoms with Gasteiger partial charge in [0.1, 0.15) is 12.8 Å². The van der Waals surface area contributed by atoms with Gasteiger partial charge in [0.25, 0.3) is 0 Å². The van der Waals surface area contributed by atoms with Crippen molar-refractivity contribution in [1.29, 1.82) is 0 Å². The minimum absolute atomic E-state index is 0.580. The van der Waals surface area contributed by atoms with Crippen LogP contribution < -0.4 is 4.57 Å². The highest BCUT2D eigenvalue weighted by molar-refractivity contribution is 6.12. The molecule has 0 aliphatic rings. The maximum atomic E-state index is 9.10. The summed E-state index contributed by atoms with van der Waals surface area (Å²) in [7, 11) is 1.93. The molecule has 0 radical (unpaired) electrons. The summed E-state index contributed by atoms with van der Waals surface area (Å²) in [5, 5.41) is 12.5. The second kappa shape index (κ2) is 4.57. The molecule has 1 aromatic carbocycles. The van der Waals surface area contributed by atoms with Crippen LogP contribution in [0.2, 0.25) is 0 Å². The van der Waals surface area contributed by atoms with E-state index in [9.17, 15) is 0 Å². The largest absolute Gasteiger partial charge is 0.410 e. The van der Waals surface area contributed by atoms with Gasteiger partial charge in [-0.3, -0.25) is 0 Å². The molecule has 80 valence electrons. The van der Waals surface area contributed by atoms with Crippen molar-refractivity contribution < 1.29 is 9.77 Å². The Morgan fingerprint density at radius 2 is 1.75 bits per heavy atom. The fourth-order valence-corrected chi connectivity index (χ4v) is 1.61. The number of nitrogens with zero attached hydrogens (tertiary/aromatic N) is 2. The van der Waals surface area contributed by atoms with Crippen LogP contribution in [-0.2, 0) is 7.05 Å². The predicted octanol–water partition coefficient (Wildman–Crippen LogP) is 1.74. The van der Waals surface area contributed by atoms with Crippen LogP contribution in [-0.4, -0.2) is 10.9 Å². The zero-order chi connectivity index (χ0) is 11.4. The number of pyridine rings is 1. The Kier molecular flexibility index (Phi) is 2.96. The Morgan fingerprint density at radius 1 is 1.06 bits per heavy atom. The molecule has 0 saturated carbocycles. The van der Waals surface area contributed by atoms with Gasteiger partial charge in [0.15, 0.2) is 12.4 Å². The topological polar surface area (TPSA) is 36.5 Å². The van der Waals surface area contributed by atoms with Gasteiger partial charge >= 0.3 is 0 Å². The van der Waals surface area contributed by atoms with Crippen LogP contribution >= 0.6 is 0 Å². The highest BCUT2D eigenvalue weighted by Gasteiger charge is 2.09. The number of aryl methyl sites for hydroxylation is 1. The van der Waals surface area contributed by atoms with Gasteiger partial charge in [-0.15, -0.1) is 0 Å². The van der Waals surface area contributed by atoms with Gasteiger partial charge in [-0.25, -0.2) is 4.57 Å². The van der Waals surface area contributed by atoms with E-state index >= 15 is 0 Å². The maximum Gasteiger partial charge on any atom is 0.178 e. The van der Waals surface area contributed by atoms with Crippen LogP contribution in [0.5, 0.6) is 0 Å². The summed E-state index contributed by atoms with van der Waals surface area (Å²) in [5.74, 6) is 0. The quantitative estimate of drug-likeness (QED) is 0.351. The highest BCUT2D eigenvalue weighted by atomic mass is 16.4. The zero-order valence-corrected chi connectivity index (χ0v) is 9.04. The fourth-order valence-electron chi connectivity index (χ4n) is 1.61. The Labute approximate surface area is 94.3 Å². The molecular formula is C13H13N2O+. The lowest BCUT2D eigenvalue weighted by molar-refractivity contribution is -0.671. The second-order valence-corrected chi connectivity index (χ2v) is 3.57. The van der Waals surface area contributed by atoms with E-state index in [-0.39, 0.29) is 0 Å². The molecule has 16 heavy (non-hydrogen) atoms. The predicted molar refractivity (Wildman–Crippen MR) is 61.5 cm³/mol. The van der Waals surface area contributed by atoms with Crippen molar-refractivity contribution in [3.8, 4) is 0 Å². The van der Waals surface area contributed by atoms with Gasteiger partial charge < -0.3 is 5.21 Å². The van der Waals surface area contributed by atoms with Gasteiger partial charge in [-0.05, 0) is 6.07 Å². The summed E-state index contributed by atoms with van der Waals surface area (Å²) in [6, 6.07) is 13.5. The molecule has 2 aromatic rings. The summed E-state index contributed by atoms with van der Waals surface area (Å²) in [6.45, 7) is 0. The smallest absolute Gasteiger partial charge is 0.178 e. The van der Waals surface area contributed by atoms with Crippen LogP contribution in [0.15, 0.2) is 60.0 Å². The molecule has 0 unspecified atom stereocenters. The van der Waals surface area contributed by atoms with Crippen LogP contribution in [0, 0.1) is 0 Å². The van der Waals surface area contributed by atoms with Gasteiger partial charge in [0, 0.05) is 11.6 Å². The first kappa shape index (κ1) is 10.4. The zero-order valence-electron chi connectivity index (χ0n) is 9.04. The van der Waals surface area contributed by atoms with Crippen molar-refractivity contribution in [2.45, 2.75) is 0 Å². The van der Waals surface area contributed by atoms with Crippen molar-refractivity contribution in [2.75, 3.05) is 0 Å². The average molecular weight is 213 g/mol. The summed E-state index contributed by atoms with van der Waals surface area (Å²) in [4.78, 5) is 0. The first-order valence-electron chi connectivity index (χ1n) is 5.04. The van der Waals surface area contributed by atoms with Crippen LogP contribution in [0.3, 0.4) is 0 Å². The molecule has 3 nitrogen and oxygen atoms in total. The first-order chi connectivity index (χ1) is 7.81. The van der Waals surface area contributed by atoms with E-state index in [0.717, 1.165) is 11.1 Å². The normalized spacial score (nSPS) is 11.4. The van der Waals surface area contributed by atoms with Crippen LogP contribution in [0.4, 0.5) is 0 Å².